The van der Waals surface area contributed by atoms with Gasteiger partial charge in [0.05, 0.1) is 6.61 Å². The Morgan fingerprint density at radius 2 is 1.75 bits per heavy atom. The molecule has 0 aliphatic heterocycles. The minimum absolute atomic E-state index is 0.243. The standard InChI is InChI=1S/C14H15N3O3/c1-2-20-14(19)16-15-13(18)11-5-7-12(8-6-11)17-9-3-4-10-17/h3-10H,2H2,1H3,(H,15,18)(H,16,19). The van der Waals surface area contributed by atoms with E-state index in [4.69, 9.17) is 0 Å². The van der Waals surface area contributed by atoms with Crippen LogP contribution < -0.4 is 10.9 Å². The smallest absolute Gasteiger partial charge is 0.426 e. The highest BCUT2D eigenvalue weighted by molar-refractivity contribution is 5.95. The third-order valence-corrected chi connectivity index (χ3v) is 2.59. The molecular weight excluding hydrogens is 258 g/mol. The molecule has 0 saturated heterocycles. The summed E-state index contributed by atoms with van der Waals surface area (Å²) in [5.74, 6) is -0.405. The van der Waals surface area contributed by atoms with E-state index in [2.05, 4.69) is 15.6 Å². The predicted octanol–water partition coefficient (Wildman–Crippen LogP) is 1.87. The molecule has 104 valence electrons. The number of hydrogen-bond acceptors (Lipinski definition) is 3. The van der Waals surface area contributed by atoms with Crippen LogP contribution in [0.3, 0.4) is 0 Å². The van der Waals surface area contributed by atoms with Crippen molar-refractivity contribution >= 4 is 12.0 Å². The highest BCUT2D eigenvalue weighted by Gasteiger charge is 2.07. The molecule has 0 aliphatic rings. The van der Waals surface area contributed by atoms with Gasteiger partial charge in [-0.1, -0.05) is 0 Å². The van der Waals surface area contributed by atoms with Crippen molar-refractivity contribution in [3.8, 4) is 5.69 Å². The van der Waals surface area contributed by atoms with Crippen LogP contribution in [0.15, 0.2) is 48.8 Å². The summed E-state index contributed by atoms with van der Waals surface area (Å²) in [5, 5.41) is 0. The van der Waals surface area contributed by atoms with Crippen molar-refractivity contribution in [3.05, 3.63) is 54.4 Å². The molecule has 1 aromatic heterocycles. The van der Waals surface area contributed by atoms with Gasteiger partial charge in [0.15, 0.2) is 0 Å². The fourth-order valence-corrected chi connectivity index (χ4v) is 1.64. The van der Waals surface area contributed by atoms with E-state index >= 15 is 0 Å². The van der Waals surface area contributed by atoms with Gasteiger partial charge >= 0.3 is 6.09 Å². The fourth-order valence-electron chi connectivity index (χ4n) is 1.64. The molecule has 0 spiro atoms. The maximum absolute atomic E-state index is 11.8. The zero-order chi connectivity index (χ0) is 14.4. The van der Waals surface area contributed by atoms with E-state index in [-0.39, 0.29) is 6.61 Å². The minimum Gasteiger partial charge on any atom is -0.449 e. The summed E-state index contributed by atoms with van der Waals surface area (Å²) < 4.78 is 6.56. The van der Waals surface area contributed by atoms with E-state index in [0.717, 1.165) is 5.69 Å². The number of carbonyl (C=O) groups excluding carboxylic acids is 2. The Kier molecular flexibility index (Phi) is 4.39. The van der Waals surface area contributed by atoms with E-state index < -0.39 is 12.0 Å². The number of hydrazine groups is 1. The van der Waals surface area contributed by atoms with Gasteiger partial charge in [0.1, 0.15) is 0 Å². The first-order chi connectivity index (χ1) is 9.70. The number of rotatable bonds is 3. The average molecular weight is 273 g/mol. The summed E-state index contributed by atoms with van der Waals surface area (Å²) >= 11 is 0. The van der Waals surface area contributed by atoms with Crippen molar-refractivity contribution in [2.24, 2.45) is 0 Å². The highest BCUT2D eigenvalue weighted by Crippen LogP contribution is 2.09. The SMILES string of the molecule is CCOC(=O)NNC(=O)c1ccc(-n2cccc2)cc1. The molecule has 2 N–H and O–H groups in total. The Morgan fingerprint density at radius 3 is 2.35 bits per heavy atom. The normalized spacial score (nSPS) is 9.85. The molecule has 2 rings (SSSR count). The number of amides is 2. The molecule has 0 radical (unpaired) electrons. The van der Waals surface area contributed by atoms with Gasteiger partial charge in [0.2, 0.25) is 0 Å². The molecule has 6 heteroatoms. The van der Waals surface area contributed by atoms with Gasteiger partial charge in [0, 0.05) is 23.6 Å². The second-order valence-electron chi connectivity index (χ2n) is 3.94. The summed E-state index contributed by atoms with van der Waals surface area (Å²) in [6.07, 6.45) is 3.14. The van der Waals surface area contributed by atoms with Gasteiger partial charge in [-0.05, 0) is 43.3 Å². The summed E-state index contributed by atoms with van der Waals surface area (Å²) in [7, 11) is 0. The Bertz CT molecular complexity index is 576. The quantitative estimate of drug-likeness (QED) is 0.838. The minimum atomic E-state index is -0.690. The zero-order valence-corrected chi connectivity index (χ0v) is 11.0. The number of benzene rings is 1. The zero-order valence-electron chi connectivity index (χ0n) is 11.0. The van der Waals surface area contributed by atoms with Crippen molar-refractivity contribution in [3.63, 3.8) is 0 Å². The van der Waals surface area contributed by atoms with Crippen LogP contribution in [0.4, 0.5) is 4.79 Å². The van der Waals surface area contributed by atoms with Crippen LogP contribution in [0.1, 0.15) is 17.3 Å². The maximum atomic E-state index is 11.8. The first kappa shape index (κ1) is 13.7. The number of carbonyl (C=O) groups is 2. The van der Waals surface area contributed by atoms with E-state index in [1.165, 1.54) is 0 Å². The maximum Gasteiger partial charge on any atom is 0.426 e. The van der Waals surface area contributed by atoms with Gasteiger partial charge < -0.3 is 9.30 Å². The van der Waals surface area contributed by atoms with Crippen LogP contribution in [0.5, 0.6) is 0 Å². The van der Waals surface area contributed by atoms with Crippen molar-refractivity contribution < 1.29 is 14.3 Å². The Labute approximate surface area is 116 Å². The monoisotopic (exact) mass is 273 g/mol. The van der Waals surface area contributed by atoms with Gasteiger partial charge in [-0.15, -0.1) is 0 Å². The largest absolute Gasteiger partial charge is 0.449 e. The van der Waals surface area contributed by atoms with Crippen molar-refractivity contribution in [2.45, 2.75) is 6.92 Å². The topological polar surface area (TPSA) is 72.4 Å². The lowest BCUT2D eigenvalue weighted by Gasteiger charge is -2.08. The second kappa shape index (κ2) is 6.42. The molecule has 20 heavy (non-hydrogen) atoms. The molecule has 0 bridgehead atoms. The molecule has 0 unspecified atom stereocenters. The van der Waals surface area contributed by atoms with E-state index in [9.17, 15) is 9.59 Å². The Balaban J connectivity index is 1.96. The highest BCUT2D eigenvalue weighted by atomic mass is 16.5. The molecule has 0 aliphatic carbocycles. The Hall–Kier alpha value is -2.76. The summed E-state index contributed by atoms with van der Waals surface area (Å²) in [4.78, 5) is 22.8. The molecule has 6 nitrogen and oxygen atoms in total. The fraction of sp³-hybridized carbons (Fsp3) is 0.143. The van der Waals surface area contributed by atoms with Crippen molar-refractivity contribution in [1.82, 2.24) is 15.4 Å². The van der Waals surface area contributed by atoms with Gasteiger partial charge in [0.25, 0.3) is 5.91 Å². The molecule has 1 heterocycles. The Morgan fingerprint density at radius 1 is 1.10 bits per heavy atom. The van der Waals surface area contributed by atoms with Gasteiger partial charge in [-0.2, -0.15) is 0 Å². The first-order valence-corrected chi connectivity index (χ1v) is 6.17. The molecule has 0 saturated carbocycles. The van der Waals surface area contributed by atoms with Crippen LogP contribution in [0.2, 0.25) is 0 Å². The van der Waals surface area contributed by atoms with E-state index in [1.54, 1.807) is 19.1 Å². The number of nitrogens with zero attached hydrogens (tertiary/aromatic N) is 1. The molecule has 2 aromatic rings. The molecule has 2 amide bonds. The van der Waals surface area contributed by atoms with Crippen LogP contribution in [0, 0.1) is 0 Å². The third-order valence-electron chi connectivity index (χ3n) is 2.59. The summed E-state index contributed by atoms with van der Waals surface area (Å²) in [5.41, 5.74) is 5.82. The van der Waals surface area contributed by atoms with Crippen molar-refractivity contribution in [2.75, 3.05) is 6.61 Å². The van der Waals surface area contributed by atoms with Crippen LogP contribution in [0.25, 0.3) is 5.69 Å². The molecule has 1 aromatic carbocycles. The van der Waals surface area contributed by atoms with Gasteiger partial charge in [-0.3, -0.25) is 10.2 Å². The van der Waals surface area contributed by atoms with Crippen molar-refractivity contribution in [1.29, 1.82) is 0 Å². The lowest BCUT2D eigenvalue weighted by molar-refractivity contribution is 0.0912. The van der Waals surface area contributed by atoms with Crippen LogP contribution in [-0.4, -0.2) is 23.2 Å². The number of aromatic nitrogens is 1. The predicted molar refractivity (Wildman–Crippen MR) is 73.4 cm³/mol. The second-order valence-corrected chi connectivity index (χ2v) is 3.94. The molecule has 0 atom stereocenters. The average Bonchev–Trinajstić information content (AvgIpc) is 2.99. The van der Waals surface area contributed by atoms with Crippen LogP contribution in [-0.2, 0) is 4.74 Å². The number of hydrogen-bond donors (Lipinski definition) is 2. The number of ether oxygens (including phenoxy) is 1. The van der Waals surface area contributed by atoms with Gasteiger partial charge in [-0.25, -0.2) is 10.2 Å². The first-order valence-electron chi connectivity index (χ1n) is 6.17. The number of nitrogens with one attached hydrogen (secondary N) is 2. The van der Waals surface area contributed by atoms with Crippen LogP contribution >= 0.6 is 0 Å². The summed E-state index contributed by atoms with van der Waals surface area (Å²) in [6.45, 7) is 1.93. The third kappa shape index (κ3) is 3.38. The molecule has 0 fully saturated rings. The summed E-state index contributed by atoms with van der Waals surface area (Å²) in [6, 6.07) is 10.8. The van der Waals surface area contributed by atoms with E-state index in [0.29, 0.717) is 5.56 Å². The molecular formula is C14H15N3O3. The lowest BCUT2D eigenvalue weighted by Crippen LogP contribution is -2.41. The lowest BCUT2D eigenvalue weighted by atomic mass is 10.2. The van der Waals surface area contributed by atoms with E-state index in [1.807, 2.05) is 41.2 Å².